The number of aromatic nitrogens is 1. The number of aryl methyl sites for hydroxylation is 2. The van der Waals surface area contributed by atoms with Gasteiger partial charge in [0.15, 0.2) is 0 Å². The van der Waals surface area contributed by atoms with Crippen LogP contribution in [-0.4, -0.2) is 4.98 Å². The van der Waals surface area contributed by atoms with Crippen LogP contribution in [0, 0.1) is 6.92 Å². The third kappa shape index (κ3) is 2.09. The number of hydrogen-bond acceptors (Lipinski definition) is 1. The Balaban J connectivity index is 2.73. The molecule has 0 aliphatic rings. The maximum absolute atomic E-state index is 6.11. The van der Waals surface area contributed by atoms with Crippen molar-refractivity contribution in [3.8, 4) is 0 Å². The molecule has 1 heterocycles. The fraction of sp³-hybridized carbons (Fsp3) is 0.308. The molecule has 0 N–H and O–H groups in total. The zero-order chi connectivity index (χ0) is 11.7. The van der Waals surface area contributed by atoms with E-state index in [2.05, 4.69) is 33.9 Å². The lowest BCUT2D eigenvalue weighted by molar-refractivity contribution is 0.888. The summed E-state index contributed by atoms with van der Waals surface area (Å²) in [6, 6.07) is 6.03. The van der Waals surface area contributed by atoms with Gasteiger partial charge < -0.3 is 0 Å². The molecule has 0 fully saturated rings. The molecule has 2 aromatic rings. The first-order chi connectivity index (χ1) is 7.63. The minimum atomic E-state index is 0.778. The predicted octanol–water partition coefficient (Wildman–Crippen LogP) is 4.91. The van der Waals surface area contributed by atoms with E-state index >= 15 is 0 Å². The molecular formula is C13H13BrClN. The van der Waals surface area contributed by atoms with Crippen LogP contribution in [0.15, 0.2) is 22.7 Å². The summed E-state index contributed by atoms with van der Waals surface area (Å²) in [4.78, 5) is 4.67. The van der Waals surface area contributed by atoms with Crippen molar-refractivity contribution >= 4 is 38.4 Å². The highest BCUT2D eigenvalue weighted by molar-refractivity contribution is 9.10. The number of nitrogens with zero attached hydrogens (tertiary/aromatic N) is 1. The summed E-state index contributed by atoms with van der Waals surface area (Å²) >= 11 is 9.71. The molecule has 0 aliphatic heterocycles. The van der Waals surface area contributed by atoms with Crippen LogP contribution in [0.3, 0.4) is 0 Å². The number of fused-ring (bicyclic) bond motifs is 1. The van der Waals surface area contributed by atoms with Crippen LogP contribution >= 0.6 is 27.5 Å². The Labute approximate surface area is 109 Å². The summed E-state index contributed by atoms with van der Waals surface area (Å²) in [6.45, 7) is 4.17. The highest BCUT2D eigenvalue weighted by Crippen LogP contribution is 2.29. The van der Waals surface area contributed by atoms with E-state index in [1.165, 1.54) is 0 Å². The lowest BCUT2D eigenvalue weighted by Gasteiger charge is -2.08. The lowest BCUT2D eigenvalue weighted by Crippen LogP contribution is -1.93. The predicted molar refractivity (Wildman–Crippen MR) is 73.2 cm³/mol. The van der Waals surface area contributed by atoms with Gasteiger partial charge in [-0.2, -0.15) is 0 Å². The minimum Gasteiger partial charge on any atom is -0.252 e. The van der Waals surface area contributed by atoms with Crippen molar-refractivity contribution < 1.29 is 0 Å². The van der Waals surface area contributed by atoms with Gasteiger partial charge in [0.25, 0.3) is 0 Å². The van der Waals surface area contributed by atoms with Crippen LogP contribution in [0.4, 0.5) is 0 Å². The molecule has 16 heavy (non-hydrogen) atoms. The van der Waals surface area contributed by atoms with Gasteiger partial charge in [-0.15, -0.1) is 0 Å². The molecule has 0 atom stereocenters. The van der Waals surface area contributed by atoms with Gasteiger partial charge in [-0.05, 0) is 31.0 Å². The number of pyridine rings is 1. The van der Waals surface area contributed by atoms with Crippen LogP contribution in [0.5, 0.6) is 0 Å². The Morgan fingerprint density at radius 1 is 1.38 bits per heavy atom. The van der Waals surface area contributed by atoms with Gasteiger partial charge in [-0.25, -0.2) is 0 Å². The molecular weight excluding hydrogens is 286 g/mol. The molecule has 1 nitrogen and oxygen atoms in total. The van der Waals surface area contributed by atoms with Gasteiger partial charge in [0.2, 0.25) is 0 Å². The van der Waals surface area contributed by atoms with E-state index in [-0.39, 0.29) is 0 Å². The van der Waals surface area contributed by atoms with Gasteiger partial charge in [0.05, 0.1) is 5.52 Å². The second-order valence-corrected chi connectivity index (χ2v) is 5.18. The second-order valence-electron chi connectivity index (χ2n) is 3.91. The average molecular weight is 299 g/mol. The first-order valence-corrected chi connectivity index (χ1v) is 6.54. The van der Waals surface area contributed by atoms with Crippen molar-refractivity contribution in [3.05, 3.63) is 39.0 Å². The lowest BCUT2D eigenvalue weighted by atomic mass is 10.1. The highest BCUT2D eigenvalue weighted by Gasteiger charge is 2.08. The molecule has 0 saturated carbocycles. The van der Waals surface area contributed by atoms with Crippen LogP contribution in [0.25, 0.3) is 10.9 Å². The molecule has 0 saturated heterocycles. The summed E-state index contributed by atoms with van der Waals surface area (Å²) in [7, 11) is 0. The highest BCUT2D eigenvalue weighted by atomic mass is 79.9. The molecule has 2 rings (SSSR count). The second kappa shape index (κ2) is 4.72. The van der Waals surface area contributed by atoms with Crippen molar-refractivity contribution in [3.63, 3.8) is 0 Å². The number of rotatable bonds is 2. The van der Waals surface area contributed by atoms with E-state index in [9.17, 15) is 0 Å². The van der Waals surface area contributed by atoms with E-state index in [0.717, 1.165) is 44.5 Å². The SMILES string of the molecule is CCCc1cc(Br)c2ccc(Cl)c(C)c2n1. The number of halogens is 2. The third-order valence-corrected chi connectivity index (χ3v) is 3.74. The van der Waals surface area contributed by atoms with Crippen molar-refractivity contribution in [2.24, 2.45) is 0 Å². The quantitative estimate of drug-likeness (QED) is 0.767. The van der Waals surface area contributed by atoms with Crippen molar-refractivity contribution in [2.45, 2.75) is 26.7 Å². The van der Waals surface area contributed by atoms with Gasteiger partial charge in [0, 0.05) is 20.6 Å². The van der Waals surface area contributed by atoms with Crippen LogP contribution in [0.2, 0.25) is 5.02 Å². The van der Waals surface area contributed by atoms with Gasteiger partial charge in [-0.3, -0.25) is 4.98 Å². The van der Waals surface area contributed by atoms with Crippen molar-refractivity contribution in [1.82, 2.24) is 4.98 Å². The summed E-state index contributed by atoms with van der Waals surface area (Å²) in [5, 5.41) is 1.90. The normalized spacial score (nSPS) is 11.0. The van der Waals surface area contributed by atoms with E-state index in [1.54, 1.807) is 0 Å². The molecule has 3 heteroatoms. The van der Waals surface area contributed by atoms with Gasteiger partial charge >= 0.3 is 0 Å². The van der Waals surface area contributed by atoms with E-state index in [0.29, 0.717) is 0 Å². The van der Waals surface area contributed by atoms with Gasteiger partial charge in [-0.1, -0.05) is 46.9 Å². The summed E-state index contributed by atoms with van der Waals surface area (Å²) < 4.78 is 1.10. The van der Waals surface area contributed by atoms with E-state index in [1.807, 2.05) is 19.1 Å². The fourth-order valence-corrected chi connectivity index (χ4v) is 2.53. The molecule has 1 aromatic carbocycles. The van der Waals surface area contributed by atoms with Crippen molar-refractivity contribution in [1.29, 1.82) is 0 Å². The van der Waals surface area contributed by atoms with Crippen molar-refractivity contribution in [2.75, 3.05) is 0 Å². The third-order valence-electron chi connectivity index (χ3n) is 2.68. The zero-order valence-electron chi connectivity index (χ0n) is 9.35. The van der Waals surface area contributed by atoms with Crippen LogP contribution in [-0.2, 0) is 6.42 Å². The zero-order valence-corrected chi connectivity index (χ0v) is 11.7. The van der Waals surface area contributed by atoms with Gasteiger partial charge in [0.1, 0.15) is 0 Å². The number of hydrogen-bond donors (Lipinski definition) is 0. The Morgan fingerprint density at radius 2 is 2.12 bits per heavy atom. The molecule has 0 amide bonds. The van der Waals surface area contributed by atoms with Crippen LogP contribution in [0.1, 0.15) is 24.6 Å². The first-order valence-electron chi connectivity index (χ1n) is 5.37. The molecule has 0 radical (unpaired) electrons. The first kappa shape index (κ1) is 11.9. The van der Waals surface area contributed by atoms with Crippen LogP contribution < -0.4 is 0 Å². The molecule has 0 spiro atoms. The minimum absolute atomic E-state index is 0.778. The van der Waals surface area contributed by atoms with E-state index < -0.39 is 0 Å². The molecule has 0 aliphatic carbocycles. The molecule has 0 unspecified atom stereocenters. The fourth-order valence-electron chi connectivity index (χ4n) is 1.80. The summed E-state index contributed by atoms with van der Waals surface area (Å²) in [5.41, 5.74) is 3.18. The Morgan fingerprint density at radius 3 is 2.81 bits per heavy atom. The Hall–Kier alpha value is -0.600. The maximum Gasteiger partial charge on any atom is 0.0760 e. The Bertz CT molecular complexity index is 537. The smallest absolute Gasteiger partial charge is 0.0760 e. The van der Waals surface area contributed by atoms with E-state index in [4.69, 9.17) is 11.6 Å². The summed E-state index contributed by atoms with van der Waals surface area (Å²) in [6.07, 6.45) is 2.10. The molecule has 84 valence electrons. The summed E-state index contributed by atoms with van der Waals surface area (Å²) in [5.74, 6) is 0. The largest absolute Gasteiger partial charge is 0.252 e. The topological polar surface area (TPSA) is 12.9 Å². The average Bonchev–Trinajstić information content (AvgIpc) is 2.25. The molecule has 0 bridgehead atoms. The standard InChI is InChI=1S/C13H13BrClN/c1-3-4-9-7-11(14)10-5-6-12(15)8(2)13(10)16-9/h5-7H,3-4H2,1-2H3. The number of benzene rings is 1. The maximum atomic E-state index is 6.11. The molecule has 1 aromatic heterocycles. The monoisotopic (exact) mass is 297 g/mol. The Kier molecular flexibility index (Phi) is 3.50.